The number of aromatic nitrogens is 6. The molecule has 0 bridgehead atoms. The van der Waals surface area contributed by atoms with E-state index in [-0.39, 0.29) is 45.0 Å². The Hall–Kier alpha value is -1.45. The minimum absolute atomic E-state index is 0. The van der Waals surface area contributed by atoms with Gasteiger partial charge < -0.3 is 14.9 Å². The van der Waals surface area contributed by atoms with Crippen LogP contribution in [0.4, 0.5) is 0 Å². The van der Waals surface area contributed by atoms with Crippen molar-refractivity contribution in [3.63, 3.8) is 0 Å². The predicted octanol–water partition coefficient (Wildman–Crippen LogP) is 0.617. The number of benzene rings is 1. The molecule has 23 heavy (non-hydrogen) atoms. The van der Waals surface area contributed by atoms with Gasteiger partial charge in [-0.05, 0) is 34.9 Å². The maximum atomic E-state index is 12.1. The molecule has 0 aliphatic carbocycles. The van der Waals surface area contributed by atoms with E-state index in [0.717, 1.165) is 10.5 Å². The molecule has 0 N–H and O–H groups in total. The van der Waals surface area contributed by atoms with E-state index in [1.807, 2.05) is 24.5 Å². The topological polar surface area (TPSA) is 88.9 Å². The summed E-state index contributed by atoms with van der Waals surface area (Å²) >= 11 is 1.57. The Kier molecular flexibility index (Phi) is 6.14. The molecule has 0 aliphatic heterocycles. The molecule has 0 aliphatic rings. The van der Waals surface area contributed by atoms with Crippen molar-refractivity contribution in [1.29, 1.82) is 0 Å². The Bertz CT molecular complexity index is 829. The average molecular weight is 406 g/mol. The van der Waals surface area contributed by atoms with Crippen LogP contribution in [0.2, 0.25) is 0 Å². The summed E-state index contributed by atoms with van der Waals surface area (Å²) in [4.78, 5) is 13.1. The van der Waals surface area contributed by atoms with E-state index in [4.69, 9.17) is 4.74 Å². The van der Waals surface area contributed by atoms with Gasteiger partial charge in [-0.2, -0.15) is 15.6 Å². The Morgan fingerprint density at radius 1 is 1.30 bits per heavy atom. The monoisotopic (exact) mass is 406 g/mol. The van der Waals surface area contributed by atoms with Crippen LogP contribution in [0, 0.1) is 0 Å². The largest absolute Gasteiger partial charge is 0.579 e. The SMILES string of the molecule is CSc1cccc(-n2nnn(C)c2=O)c1COc1cc[n-]n1.[Y]. The number of hydrogen-bond donors (Lipinski definition) is 0. The number of rotatable bonds is 5. The molecule has 2 aromatic heterocycles. The maximum absolute atomic E-state index is 12.1. The van der Waals surface area contributed by atoms with Gasteiger partial charge in [0.15, 0.2) is 5.88 Å². The van der Waals surface area contributed by atoms with Gasteiger partial charge in [0.05, 0.1) is 5.69 Å². The van der Waals surface area contributed by atoms with Gasteiger partial charge in [-0.15, -0.1) is 11.8 Å². The van der Waals surface area contributed by atoms with Gasteiger partial charge in [0.25, 0.3) is 0 Å². The van der Waals surface area contributed by atoms with Crippen LogP contribution in [0.5, 0.6) is 5.88 Å². The number of hydrogen-bond acceptors (Lipinski definition) is 6. The van der Waals surface area contributed by atoms with Gasteiger partial charge in [-0.1, -0.05) is 6.07 Å². The second-order valence-electron chi connectivity index (χ2n) is 4.41. The molecule has 0 atom stereocenters. The van der Waals surface area contributed by atoms with Crippen LogP contribution in [-0.2, 0) is 46.4 Å². The van der Waals surface area contributed by atoms with Gasteiger partial charge in [0, 0.05) is 50.2 Å². The van der Waals surface area contributed by atoms with Crippen molar-refractivity contribution in [2.24, 2.45) is 7.05 Å². The van der Waals surface area contributed by atoms with E-state index >= 15 is 0 Å². The normalized spacial score (nSPS) is 10.3. The minimum Gasteiger partial charge on any atom is -0.579 e. The summed E-state index contributed by atoms with van der Waals surface area (Å²) in [6.45, 7) is 0.258. The predicted molar refractivity (Wildman–Crippen MR) is 80.3 cm³/mol. The summed E-state index contributed by atoms with van der Waals surface area (Å²) in [6, 6.07) is 7.32. The van der Waals surface area contributed by atoms with Crippen molar-refractivity contribution in [3.05, 3.63) is 46.5 Å². The molecule has 2 heterocycles. The van der Waals surface area contributed by atoms with Crippen LogP contribution < -0.4 is 15.5 Å². The van der Waals surface area contributed by atoms with E-state index in [9.17, 15) is 4.79 Å². The molecule has 10 heteroatoms. The van der Waals surface area contributed by atoms with Gasteiger partial charge in [-0.25, -0.2) is 4.79 Å². The molecule has 3 rings (SSSR count). The molecule has 0 spiro atoms. The summed E-state index contributed by atoms with van der Waals surface area (Å²) in [5.74, 6) is 0.438. The van der Waals surface area contributed by atoms with Crippen LogP contribution in [0.1, 0.15) is 5.56 Å². The average Bonchev–Trinajstić information content (AvgIpc) is 3.16. The molecule has 0 unspecified atom stereocenters. The Morgan fingerprint density at radius 3 is 2.74 bits per heavy atom. The summed E-state index contributed by atoms with van der Waals surface area (Å²) in [5.41, 5.74) is 1.18. The minimum atomic E-state index is -0.312. The van der Waals surface area contributed by atoms with Gasteiger partial charge in [0.2, 0.25) is 0 Å². The van der Waals surface area contributed by atoms with Crippen molar-refractivity contribution < 1.29 is 37.4 Å². The molecular formula is C13H13N6O2SY-. The third kappa shape index (κ3) is 3.73. The second-order valence-corrected chi connectivity index (χ2v) is 5.26. The number of thioether (sulfide) groups is 1. The summed E-state index contributed by atoms with van der Waals surface area (Å²) in [6.07, 6.45) is 3.52. The molecule has 3 aromatic rings. The van der Waals surface area contributed by atoms with E-state index in [0.29, 0.717) is 11.6 Å². The van der Waals surface area contributed by atoms with E-state index in [2.05, 4.69) is 20.6 Å². The molecule has 117 valence electrons. The maximum Gasteiger partial charge on any atom is 0.368 e. The van der Waals surface area contributed by atoms with Gasteiger partial charge in [-0.3, -0.25) is 0 Å². The molecule has 0 saturated carbocycles. The molecule has 1 radical (unpaired) electrons. The summed E-state index contributed by atoms with van der Waals surface area (Å²) < 4.78 is 8.06. The molecule has 1 aromatic carbocycles. The van der Waals surface area contributed by atoms with Crippen molar-refractivity contribution in [2.75, 3.05) is 6.26 Å². The van der Waals surface area contributed by atoms with Crippen molar-refractivity contribution in [1.82, 2.24) is 30.0 Å². The zero-order chi connectivity index (χ0) is 15.5. The third-order valence-corrected chi connectivity index (χ3v) is 3.90. The molecule has 8 nitrogen and oxygen atoms in total. The summed E-state index contributed by atoms with van der Waals surface area (Å²) in [5, 5.41) is 15.2. The standard InChI is InChI=1S/C13H13N6O2S.Y/c1-18-13(20)19(17-16-18)10-4-3-5-11(22-2)9(10)8-21-12-6-7-14-15-12;/h3-7H,8H2,1-2H3;/q-1;. The smallest absolute Gasteiger partial charge is 0.368 e. The van der Waals surface area contributed by atoms with Crippen LogP contribution >= 0.6 is 11.8 Å². The number of tetrazole rings is 1. The molecule has 0 amide bonds. The van der Waals surface area contributed by atoms with E-state index < -0.39 is 0 Å². The zero-order valence-electron chi connectivity index (χ0n) is 12.6. The Morgan fingerprint density at radius 2 is 2.13 bits per heavy atom. The first-order valence-corrected chi connectivity index (χ1v) is 7.65. The van der Waals surface area contributed by atoms with Crippen LogP contribution in [0.3, 0.4) is 0 Å². The van der Waals surface area contributed by atoms with Crippen LogP contribution in [-0.4, -0.2) is 31.1 Å². The fourth-order valence-corrected chi connectivity index (χ4v) is 2.62. The first-order valence-electron chi connectivity index (χ1n) is 6.43. The van der Waals surface area contributed by atoms with Crippen molar-refractivity contribution in [2.45, 2.75) is 11.5 Å². The van der Waals surface area contributed by atoms with Crippen molar-refractivity contribution >= 4 is 11.8 Å². The first-order chi connectivity index (χ1) is 10.7. The Balaban J connectivity index is 0.00000192. The van der Waals surface area contributed by atoms with Crippen LogP contribution in [0.15, 0.2) is 40.2 Å². The quantitative estimate of drug-likeness (QED) is 0.574. The number of nitrogens with zero attached hydrogens (tertiary/aromatic N) is 6. The summed E-state index contributed by atoms with van der Waals surface area (Å²) in [7, 11) is 1.56. The second kappa shape index (κ2) is 7.89. The fraction of sp³-hybridized carbons (Fsp3) is 0.231. The van der Waals surface area contributed by atoms with E-state index in [1.54, 1.807) is 31.1 Å². The Labute approximate surface area is 161 Å². The molecule has 0 fully saturated rings. The molecular weight excluding hydrogens is 393 g/mol. The van der Waals surface area contributed by atoms with Crippen LogP contribution in [0.25, 0.3) is 5.69 Å². The molecule has 0 saturated heterocycles. The van der Waals surface area contributed by atoms with Gasteiger partial charge in [0.1, 0.15) is 6.61 Å². The first kappa shape index (κ1) is 17.9. The van der Waals surface area contributed by atoms with E-state index in [1.165, 1.54) is 9.36 Å². The fourth-order valence-electron chi connectivity index (χ4n) is 2.00. The van der Waals surface area contributed by atoms with Crippen molar-refractivity contribution in [3.8, 4) is 11.6 Å². The third-order valence-electron chi connectivity index (χ3n) is 3.08. The zero-order valence-corrected chi connectivity index (χ0v) is 16.2. The number of aryl methyl sites for hydroxylation is 1. The number of ether oxygens (including phenoxy) is 1. The van der Waals surface area contributed by atoms with Gasteiger partial charge >= 0.3 is 5.69 Å².